The van der Waals surface area contributed by atoms with Gasteiger partial charge in [-0.3, -0.25) is 0 Å². The van der Waals surface area contributed by atoms with Gasteiger partial charge >= 0.3 is 0 Å². The van der Waals surface area contributed by atoms with Crippen molar-refractivity contribution in [2.24, 2.45) is 0 Å². The lowest BCUT2D eigenvalue weighted by atomic mass is 10.1. The molecule has 0 saturated carbocycles. The van der Waals surface area contributed by atoms with Crippen molar-refractivity contribution in [3.63, 3.8) is 0 Å². The Hall–Kier alpha value is -2.08. The van der Waals surface area contributed by atoms with Crippen LogP contribution in [0.3, 0.4) is 0 Å². The largest absolute Gasteiger partial charge is 0.331 e. The van der Waals surface area contributed by atoms with E-state index < -0.39 is 0 Å². The van der Waals surface area contributed by atoms with Crippen molar-refractivity contribution in [1.29, 1.82) is 5.26 Å². The van der Waals surface area contributed by atoms with Crippen LogP contribution in [0, 0.1) is 11.3 Å². The molecule has 0 radical (unpaired) electrons. The van der Waals surface area contributed by atoms with Gasteiger partial charge < -0.3 is 4.57 Å². The Labute approximate surface area is 101 Å². The first kappa shape index (κ1) is 11.4. The number of hydrogen-bond donors (Lipinski definition) is 0. The van der Waals surface area contributed by atoms with Gasteiger partial charge in [0.25, 0.3) is 0 Å². The molecule has 17 heavy (non-hydrogen) atoms. The Morgan fingerprint density at radius 1 is 1.29 bits per heavy atom. The fourth-order valence-electron chi connectivity index (χ4n) is 1.77. The maximum atomic E-state index is 8.76. The van der Waals surface area contributed by atoms with Gasteiger partial charge in [-0.1, -0.05) is 13.3 Å². The highest BCUT2D eigenvalue weighted by atomic mass is 15.1. The highest BCUT2D eigenvalue weighted by Crippen LogP contribution is 2.18. The molecule has 1 aromatic heterocycles. The molecule has 0 aliphatic heterocycles. The summed E-state index contributed by atoms with van der Waals surface area (Å²) < 4.78 is 2.16. The topological polar surface area (TPSA) is 41.6 Å². The van der Waals surface area contributed by atoms with Crippen LogP contribution in [0.4, 0.5) is 0 Å². The molecular formula is C14H15N3. The van der Waals surface area contributed by atoms with Crippen LogP contribution in [-0.2, 0) is 6.54 Å². The summed E-state index contributed by atoms with van der Waals surface area (Å²) in [6.45, 7) is 3.17. The van der Waals surface area contributed by atoms with Crippen molar-refractivity contribution in [2.75, 3.05) is 0 Å². The summed E-state index contributed by atoms with van der Waals surface area (Å²) in [6.07, 6.45) is 6.15. The Morgan fingerprint density at radius 2 is 2.06 bits per heavy atom. The van der Waals surface area contributed by atoms with E-state index in [2.05, 4.69) is 22.5 Å². The molecule has 2 rings (SSSR count). The molecule has 0 aliphatic carbocycles. The monoisotopic (exact) mass is 225 g/mol. The molecule has 86 valence electrons. The van der Waals surface area contributed by atoms with Crippen molar-refractivity contribution < 1.29 is 0 Å². The van der Waals surface area contributed by atoms with E-state index in [0.29, 0.717) is 5.56 Å². The number of aromatic nitrogens is 2. The van der Waals surface area contributed by atoms with Crippen LogP contribution in [0.2, 0.25) is 0 Å². The molecule has 0 N–H and O–H groups in total. The van der Waals surface area contributed by atoms with E-state index in [1.165, 1.54) is 6.42 Å². The second kappa shape index (κ2) is 5.31. The van der Waals surface area contributed by atoms with Crippen molar-refractivity contribution in [3.05, 3.63) is 42.2 Å². The maximum Gasteiger partial charge on any atom is 0.139 e. The second-order valence-electron chi connectivity index (χ2n) is 3.99. The third-order valence-electron chi connectivity index (χ3n) is 2.74. The lowest BCUT2D eigenvalue weighted by Gasteiger charge is -2.06. The second-order valence-corrected chi connectivity index (χ2v) is 3.99. The van der Waals surface area contributed by atoms with Gasteiger partial charge in [0.2, 0.25) is 0 Å². The minimum absolute atomic E-state index is 0.681. The molecule has 0 spiro atoms. The van der Waals surface area contributed by atoms with E-state index in [-0.39, 0.29) is 0 Å². The number of rotatable bonds is 4. The van der Waals surface area contributed by atoms with E-state index >= 15 is 0 Å². The zero-order chi connectivity index (χ0) is 12.1. The first-order chi connectivity index (χ1) is 8.35. The van der Waals surface area contributed by atoms with Gasteiger partial charge in [0.05, 0.1) is 11.6 Å². The molecule has 0 amide bonds. The third-order valence-corrected chi connectivity index (χ3v) is 2.74. The third kappa shape index (κ3) is 2.54. The number of aryl methyl sites for hydroxylation is 1. The van der Waals surface area contributed by atoms with Gasteiger partial charge in [0.1, 0.15) is 5.82 Å². The maximum absolute atomic E-state index is 8.76. The van der Waals surface area contributed by atoms with Crippen LogP contribution < -0.4 is 0 Å². The molecule has 3 nitrogen and oxygen atoms in total. The van der Waals surface area contributed by atoms with Crippen molar-refractivity contribution in [3.8, 4) is 17.5 Å². The quantitative estimate of drug-likeness (QED) is 0.801. The predicted octanol–water partition coefficient (Wildman–Crippen LogP) is 3.22. The molecule has 0 aliphatic rings. The summed E-state index contributed by atoms with van der Waals surface area (Å²) in [5.74, 6) is 0.975. The highest BCUT2D eigenvalue weighted by Gasteiger charge is 2.05. The van der Waals surface area contributed by atoms with E-state index in [1.807, 2.05) is 36.7 Å². The predicted molar refractivity (Wildman–Crippen MR) is 67.3 cm³/mol. The van der Waals surface area contributed by atoms with Crippen molar-refractivity contribution in [1.82, 2.24) is 9.55 Å². The molecule has 0 fully saturated rings. The molecule has 0 bridgehead atoms. The molecule has 1 heterocycles. The average molecular weight is 225 g/mol. The zero-order valence-electron chi connectivity index (χ0n) is 9.93. The molecule has 0 unspecified atom stereocenters. The highest BCUT2D eigenvalue weighted by molar-refractivity contribution is 5.57. The van der Waals surface area contributed by atoms with Crippen LogP contribution in [0.5, 0.6) is 0 Å². The minimum Gasteiger partial charge on any atom is -0.331 e. The van der Waals surface area contributed by atoms with Gasteiger partial charge in [-0.2, -0.15) is 5.26 Å². The number of benzene rings is 1. The first-order valence-electron chi connectivity index (χ1n) is 5.87. The molecule has 0 atom stereocenters. The van der Waals surface area contributed by atoms with Gasteiger partial charge in [-0.15, -0.1) is 0 Å². The number of hydrogen-bond acceptors (Lipinski definition) is 2. The number of imidazole rings is 1. The zero-order valence-corrected chi connectivity index (χ0v) is 9.93. The summed E-state index contributed by atoms with van der Waals surface area (Å²) in [5, 5.41) is 8.76. The normalized spacial score (nSPS) is 10.1. The van der Waals surface area contributed by atoms with Crippen LogP contribution in [-0.4, -0.2) is 9.55 Å². The average Bonchev–Trinajstić information content (AvgIpc) is 2.84. The SMILES string of the molecule is CCCCn1ccnc1-c1ccc(C#N)cc1. The number of unbranched alkanes of at least 4 members (excludes halogenated alkanes) is 1. The summed E-state index contributed by atoms with van der Waals surface area (Å²) >= 11 is 0. The number of nitriles is 1. The summed E-state index contributed by atoms with van der Waals surface area (Å²) in [7, 11) is 0. The minimum atomic E-state index is 0.681. The lowest BCUT2D eigenvalue weighted by molar-refractivity contribution is 0.637. The fraction of sp³-hybridized carbons (Fsp3) is 0.286. The first-order valence-corrected chi connectivity index (χ1v) is 5.87. The lowest BCUT2D eigenvalue weighted by Crippen LogP contribution is -1.99. The molecule has 1 aromatic carbocycles. The van der Waals surface area contributed by atoms with Crippen molar-refractivity contribution >= 4 is 0 Å². The summed E-state index contributed by atoms with van der Waals surface area (Å²) in [5.41, 5.74) is 1.74. The fourth-order valence-corrected chi connectivity index (χ4v) is 1.77. The van der Waals surface area contributed by atoms with Gasteiger partial charge in [0.15, 0.2) is 0 Å². The standard InChI is InChI=1S/C14H15N3/c1-2-3-9-17-10-8-16-14(17)13-6-4-12(11-15)5-7-13/h4-8,10H,2-3,9H2,1H3. The molecule has 2 aromatic rings. The van der Waals surface area contributed by atoms with Gasteiger partial charge in [0, 0.05) is 24.5 Å². The van der Waals surface area contributed by atoms with Crippen LogP contribution in [0.25, 0.3) is 11.4 Å². The van der Waals surface area contributed by atoms with E-state index in [9.17, 15) is 0 Å². The number of nitrogens with zero attached hydrogens (tertiary/aromatic N) is 3. The Bertz CT molecular complexity index is 517. The molecule has 0 saturated heterocycles. The Morgan fingerprint density at radius 3 is 2.71 bits per heavy atom. The van der Waals surface area contributed by atoms with Gasteiger partial charge in [-0.05, 0) is 30.7 Å². The molecule has 3 heteroatoms. The Kier molecular flexibility index (Phi) is 3.56. The molecular weight excluding hydrogens is 210 g/mol. The smallest absolute Gasteiger partial charge is 0.139 e. The van der Waals surface area contributed by atoms with E-state index in [1.54, 1.807) is 0 Å². The van der Waals surface area contributed by atoms with Crippen LogP contribution in [0.1, 0.15) is 25.3 Å². The summed E-state index contributed by atoms with van der Waals surface area (Å²) in [6, 6.07) is 9.67. The Balaban J connectivity index is 2.26. The van der Waals surface area contributed by atoms with Crippen LogP contribution in [0.15, 0.2) is 36.7 Å². The van der Waals surface area contributed by atoms with Crippen molar-refractivity contribution in [2.45, 2.75) is 26.3 Å². The van der Waals surface area contributed by atoms with Gasteiger partial charge in [-0.25, -0.2) is 4.98 Å². The van der Waals surface area contributed by atoms with Crippen LogP contribution >= 0.6 is 0 Å². The summed E-state index contributed by atoms with van der Waals surface area (Å²) in [4.78, 5) is 4.37. The van der Waals surface area contributed by atoms with E-state index in [4.69, 9.17) is 5.26 Å². The van der Waals surface area contributed by atoms with E-state index in [0.717, 1.165) is 24.4 Å².